The number of alkyl halides is 2. The molecule has 172 valence electrons. The van der Waals surface area contributed by atoms with Crippen LogP contribution in [-0.2, 0) is 6.11 Å². The Bertz CT molecular complexity index is 972. The zero-order valence-electron chi connectivity index (χ0n) is 17.3. The zero-order chi connectivity index (χ0) is 23.3. The van der Waals surface area contributed by atoms with Gasteiger partial charge in [-0.3, -0.25) is 0 Å². The maximum Gasteiger partial charge on any atom is 0.429 e. The topological polar surface area (TPSA) is 18.5 Å². The highest BCUT2D eigenvalue weighted by molar-refractivity contribution is 5.34. The van der Waals surface area contributed by atoms with Crippen LogP contribution in [0.1, 0.15) is 49.7 Å². The van der Waals surface area contributed by atoms with E-state index in [2.05, 4.69) is 15.5 Å². The second kappa shape index (κ2) is 10.1. The molecule has 1 fully saturated rings. The lowest BCUT2D eigenvalue weighted by Crippen LogP contribution is -2.23. The molecule has 0 bridgehead atoms. The van der Waals surface area contributed by atoms with Gasteiger partial charge in [0.15, 0.2) is 0 Å². The van der Waals surface area contributed by atoms with E-state index >= 15 is 0 Å². The lowest BCUT2D eigenvalue weighted by atomic mass is 9.78. The van der Waals surface area contributed by atoms with Gasteiger partial charge in [-0.15, -0.1) is 0 Å². The van der Waals surface area contributed by atoms with Gasteiger partial charge in [-0.25, -0.2) is 4.39 Å². The first-order valence-corrected chi connectivity index (χ1v) is 10.2. The van der Waals surface area contributed by atoms with Gasteiger partial charge >= 0.3 is 18.2 Å². The summed E-state index contributed by atoms with van der Waals surface area (Å²) < 4.78 is 89.4. The van der Waals surface area contributed by atoms with Crippen LogP contribution in [0.5, 0.6) is 11.5 Å². The SMILES string of the molecule is C/C=C/C1CCC(c2ccc(C(F)(F)Oc3ccc(OC(F)=C(F)F)cc3)c(F)c2)CC1. The second-order valence-electron chi connectivity index (χ2n) is 7.60. The van der Waals surface area contributed by atoms with Crippen LogP contribution < -0.4 is 9.47 Å². The Hall–Kier alpha value is -2.90. The summed E-state index contributed by atoms with van der Waals surface area (Å²) in [4.78, 5) is 0. The molecule has 0 aliphatic heterocycles. The van der Waals surface area contributed by atoms with Crippen molar-refractivity contribution in [1.29, 1.82) is 0 Å². The monoisotopic (exact) mass is 456 g/mol. The molecule has 0 atom stereocenters. The van der Waals surface area contributed by atoms with Crippen LogP contribution in [0.25, 0.3) is 0 Å². The largest absolute Gasteiger partial charge is 0.429 e. The summed E-state index contributed by atoms with van der Waals surface area (Å²) in [7, 11) is 0. The van der Waals surface area contributed by atoms with Crippen molar-refractivity contribution >= 4 is 0 Å². The number of hydrogen-bond donors (Lipinski definition) is 0. The van der Waals surface area contributed by atoms with Gasteiger partial charge in [-0.2, -0.15) is 22.0 Å². The van der Waals surface area contributed by atoms with Gasteiger partial charge < -0.3 is 9.47 Å². The highest BCUT2D eigenvalue weighted by Gasteiger charge is 2.38. The molecule has 0 radical (unpaired) electrons. The lowest BCUT2D eigenvalue weighted by Gasteiger charge is -2.27. The minimum Gasteiger partial charge on any atom is -0.429 e. The maximum absolute atomic E-state index is 14.6. The molecule has 1 aliphatic rings. The van der Waals surface area contributed by atoms with E-state index in [0.29, 0.717) is 11.5 Å². The molecule has 3 rings (SSSR count). The summed E-state index contributed by atoms with van der Waals surface area (Å²) in [6, 6.07) is 5.43. The van der Waals surface area contributed by atoms with Crippen LogP contribution in [-0.4, -0.2) is 0 Å². The van der Waals surface area contributed by atoms with Crippen molar-refractivity contribution in [3.05, 3.63) is 83.7 Å². The number of ether oxygens (including phenoxy) is 2. The average molecular weight is 456 g/mol. The molecule has 0 amide bonds. The summed E-state index contributed by atoms with van der Waals surface area (Å²) in [5.41, 5.74) is -0.240. The van der Waals surface area contributed by atoms with Crippen molar-refractivity contribution in [3.8, 4) is 11.5 Å². The predicted octanol–water partition coefficient (Wildman–Crippen LogP) is 8.22. The van der Waals surface area contributed by atoms with Crippen LogP contribution in [0.3, 0.4) is 0 Å². The Morgan fingerprint density at radius 1 is 0.938 bits per heavy atom. The van der Waals surface area contributed by atoms with Crippen LogP contribution in [0.4, 0.5) is 26.3 Å². The fraction of sp³-hybridized carbons (Fsp3) is 0.333. The van der Waals surface area contributed by atoms with Crippen LogP contribution in [0.2, 0.25) is 0 Å². The first-order valence-electron chi connectivity index (χ1n) is 10.2. The van der Waals surface area contributed by atoms with E-state index in [1.807, 2.05) is 13.0 Å². The third kappa shape index (κ3) is 5.87. The van der Waals surface area contributed by atoms with Gasteiger partial charge in [0.2, 0.25) is 0 Å². The van der Waals surface area contributed by atoms with Crippen molar-refractivity contribution in [2.45, 2.75) is 44.6 Å². The highest BCUT2D eigenvalue weighted by Crippen LogP contribution is 2.39. The molecular formula is C24H22F6O2. The van der Waals surface area contributed by atoms with E-state index in [-0.39, 0.29) is 17.4 Å². The Kier molecular flexibility index (Phi) is 7.53. The molecule has 2 aromatic carbocycles. The van der Waals surface area contributed by atoms with Crippen LogP contribution >= 0.6 is 0 Å². The fourth-order valence-corrected chi connectivity index (χ4v) is 3.86. The molecule has 0 saturated heterocycles. The third-order valence-corrected chi connectivity index (χ3v) is 5.44. The summed E-state index contributed by atoms with van der Waals surface area (Å²) in [5.74, 6) is -1.18. The van der Waals surface area contributed by atoms with E-state index in [1.165, 1.54) is 6.07 Å². The van der Waals surface area contributed by atoms with Crippen molar-refractivity contribution in [2.24, 2.45) is 5.92 Å². The summed E-state index contributed by atoms with van der Waals surface area (Å²) in [5, 5.41) is 0. The van der Waals surface area contributed by atoms with Gasteiger partial charge in [0.05, 0.1) is 5.56 Å². The predicted molar refractivity (Wildman–Crippen MR) is 108 cm³/mol. The van der Waals surface area contributed by atoms with Gasteiger partial charge in [0.25, 0.3) is 0 Å². The molecular weight excluding hydrogens is 434 g/mol. The quantitative estimate of drug-likeness (QED) is 0.237. The standard InChI is InChI=1S/C24H22F6O2/c1-2-3-15-4-6-16(7-5-15)17-8-13-20(21(25)14-17)24(29,30)32-19-11-9-18(10-12-19)31-23(28)22(26)27/h2-3,8-16H,4-7H2,1H3/b3-2+. The number of benzene rings is 2. The Labute approximate surface area is 182 Å². The minimum atomic E-state index is -3.98. The van der Waals surface area contributed by atoms with E-state index < -0.39 is 29.6 Å². The highest BCUT2D eigenvalue weighted by atomic mass is 19.3. The Morgan fingerprint density at radius 2 is 1.56 bits per heavy atom. The molecule has 8 heteroatoms. The molecule has 0 spiro atoms. The smallest absolute Gasteiger partial charge is 0.429 e. The minimum absolute atomic E-state index is 0.116. The van der Waals surface area contributed by atoms with E-state index in [1.54, 1.807) is 0 Å². The Morgan fingerprint density at radius 3 is 2.12 bits per heavy atom. The number of rotatable bonds is 7. The summed E-state index contributed by atoms with van der Waals surface area (Å²) >= 11 is 0. The average Bonchev–Trinajstić information content (AvgIpc) is 2.75. The molecule has 0 aromatic heterocycles. The zero-order valence-corrected chi connectivity index (χ0v) is 17.3. The van der Waals surface area contributed by atoms with Gasteiger partial charge in [0.1, 0.15) is 17.3 Å². The van der Waals surface area contributed by atoms with Crippen molar-refractivity contribution < 1.29 is 35.8 Å². The number of halogens is 6. The molecule has 2 nitrogen and oxygen atoms in total. The van der Waals surface area contributed by atoms with Crippen molar-refractivity contribution in [1.82, 2.24) is 0 Å². The van der Waals surface area contributed by atoms with Crippen molar-refractivity contribution in [3.63, 3.8) is 0 Å². The van der Waals surface area contributed by atoms with Crippen molar-refractivity contribution in [2.75, 3.05) is 0 Å². The van der Waals surface area contributed by atoms with Gasteiger partial charge in [-0.05, 0) is 86.4 Å². The molecule has 2 aromatic rings. The van der Waals surface area contributed by atoms with Gasteiger partial charge in [0, 0.05) is 0 Å². The summed E-state index contributed by atoms with van der Waals surface area (Å²) in [6.45, 7) is 1.97. The van der Waals surface area contributed by atoms with E-state index in [9.17, 15) is 26.3 Å². The van der Waals surface area contributed by atoms with Crippen LogP contribution in [0.15, 0.2) is 66.7 Å². The maximum atomic E-state index is 14.6. The second-order valence-corrected chi connectivity index (χ2v) is 7.60. The first-order chi connectivity index (χ1) is 15.2. The molecule has 0 heterocycles. The van der Waals surface area contributed by atoms with E-state index in [4.69, 9.17) is 0 Å². The van der Waals surface area contributed by atoms with E-state index in [0.717, 1.165) is 62.1 Å². The molecule has 0 unspecified atom stereocenters. The Balaban J connectivity index is 1.68. The normalized spacial score (nSPS) is 19.1. The molecule has 1 aliphatic carbocycles. The number of allylic oxidation sites excluding steroid dienone is 2. The molecule has 32 heavy (non-hydrogen) atoms. The number of hydrogen-bond acceptors (Lipinski definition) is 2. The fourth-order valence-electron chi connectivity index (χ4n) is 3.86. The molecule has 0 N–H and O–H groups in total. The van der Waals surface area contributed by atoms with Crippen LogP contribution in [0, 0.1) is 11.7 Å². The third-order valence-electron chi connectivity index (χ3n) is 5.44. The molecule has 1 saturated carbocycles. The van der Waals surface area contributed by atoms with Gasteiger partial charge in [-0.1, -0.05) is 18.2 Å². The lowest BCUT2D eigenvalue weighted by molar-refractivity contribution is -0.187. The first kappa shape index (κ1) is 23.8. The summed E-state index contributed by atoms with van der Waals surface area (Å²) in [6.07, 6.45) is 1.19.